The average Bonchev–Trinajstić information content (AvgIpc) is 3.27. The van der Waals surface area contributed by atoms with Gasteiger partial charge in [0.25, 0.3) is 5.91 Å². The second-order valence-corrected chi connectivity index (χ2v) is 6.71. The number of fused-ring (bicyclic) bond motifs is 1. The minimum atomic E-state index is -0.256. The number of hydrogen-bond acceptors (Lipinski definition) is 4. The van der Waals surface area contributed by atoms with Gasteiger partial charge in [-0.3, -0.25) is 14.3 Å². The van der Waals surface area contributed by atoms with Crippen LogP contribution in [0.2, 0.25) is 0 Å². The van der Waals surface area contributed by atoms with Gasteiger partial charge >= 0.3 is 0 Å². The number of H-pyrrole nitrogens is 1. The van der Waals surface area contributed by atoms with E-state index < -0.39 is 0 Å². The van der Waals surface area contributed by atoms with E-state index in [4.69, 9.17) is 0 Å². The quantitative estimate of drug-likeness (QED) is 0.784. The zero-order valence-corrected chi connectivity index (χ0v) is 13.5. The molecule has 1 amide bonds. The Morgan fingerprint density at radius 2 is 2.35 bits per heavy atom. The summed E-state index contributed by atoms with van der Waals surface area (Å²) in [5.41, 5.74) is 0.561. The fourth-order valence-corrected chi connectivity index (χ4v) is 4.10. The first kappa shape index (κ1) is 14.2. The molecule has 0 spiro atoms. The summed E-state index contributed by atoms with van der Waals surface area (Å²) in [5, 5.41) is 6.54. The molecule has 1 saturated heterocycles. The Morgan fingerprint density at radius 3 is 3.13 bits per heavy atom. The lowest BCUT2D eigenvalue weighted by Gasteiger charge is -2.23. The standard InChI is InChI=1S/C16H16N4O2S/c1-19-15-10(9-18-19)14(21)11(8-17-15)16(22)20-6-2-4-12(20)13-5-3-7-23-13/h3,5,7-9,12H,2,4,6H2,1H3,(H,17,21). The summed E-state index contributed by atoms with van der Waals surface area (Å²) in [4.78, 5) is 31.5. The molecule has 1 aliphatic heterocycles. The number of nitrogens with one attached hydrogen (secondary N) is 1. The van der Waals surface area contributed by atoms with Crippen molar-refractivity contribution in [3.05, 3.63) is 50.6 Å². The van der Waals surface area contributed by atoms with Crippen LogP contribution in [0, 0.1) is 0 Å². The molecule has 1 N–H and O–H groups in total. The van der Waals surface area contributed by atoms with Gasteiger partial charge in [-0.25, -0.2) is 0 Å². The molecule has 3 aromatic heterocycles. The summed E-state index contributed by atoms with van der Waals surface area (Å²) in [6.07, 6.45) is 4.92. The van der Waals surface area contributed by atoms with Gasteiger partial charge in [-0.2, -0.15) is 5.10 Å². The molecule has 7 heteroatoms. The van der Waals surface area contributed by atoms with E-state index in [2.05, 4.69) is 16.1 Å². The van der Waals surface area contributed by atoms with Crippen LogP contribution in [0.1, 0.15) is 34.1 Å². The van der Waals surface area contributed by atoms with Crippen molar-refractivity contribution >= 4 is 28.3 Å². The summed E-state index contributed by atoms with van der Waals surface area (Å²) in [5.74, 6) is -0.201. The number of hydrogen-bond donors (Lipinski definition) is 1. The Labute approximate surface area is 136 Å². The third-order valence-corrected chi connectivity index (χ3v) is 5.37. The highest BCUT2D eigenvalue weighted by Crippen LogP contribution is 2.35. The number of thiophene rings is 1. The van der Waals surface area contributed by atoms with E-state index in [1.165, 1.54) is 17.3 Å². The van der Waals surface area contributed by atoms with E-state index in [1.807, 2.05) is 16.3 Å². The fraction of sp³-hybridized carbons (Fsp3) is 0.312. The summed E-state index contributed by atoms with van der Waals surface area (Å²) < 4.78 is 1.59. The number of amides is 1. The molecule has 4 heterocycles. The first-order valence-electron chi connectivity index (χ1n) is 7.54. The van der Waals surface area contributed by atoms with E-state index in [0.717, 1.165) is 12.8 Å². The van der Waals surface area contributed by atoms with E-state index >= 15 is 0 Å². The third-order valence-electron chi connectivity index (χ3n) is 4.40. The monoisotopic (exact) mass is 328 g/mol. The van der Waals surface area contributed by atoms with Gasteiger partial charge in [-0.05, 0) is 24.3 Å². The van der Waals surface area contributed by atoms with Gasteiger partial charge in [0.2, 0.25) is 5.43 Å². The molecular formula is C16H16N4O2S. The lowest BCUT2D eigenvalue weighted by atomic mass is 10.1. The first-order valence-corrected chi connectivity index (χ1v) is 8.42. The molecule has 0 bridgehead atoms. The summed E-state index contributed by atoms with van der Waals surface area (Å²) in [7, 11) is 1.76. The zero-order valence-electron chi connectivity index (χ0n) is 12.7. The number of carbonyl (C=O) groups excluding carboxylic acids is 1. The van der Waals surface area contributed by atoms with Crippen LogP contribution >= 0.6 is 11.3 Å². The van der Waals surface area contributed by atoms with Crippen molar-refractivity contribution in [2.24, 2.45) is 7.05 Å². The predicted octanol–water partition coefficient (Wildman–Crippen LogP) is 2.30. The van der Waals surface area contributed by atoms with Crippen molar-refractivity contribution in [2.45, 2.75) is 18.9 Å². The maximum absolute atomic E-state index is 12.9. The van der Waals surface area contributed by atoms with Crippen molar-refractivity contribution in [3.8, 4) is 0 Å². The number of aryl methyl sites for hydroxylation is 1. The molecule has 3 aromatic rings. The van der Waals surface area contributed by atoms with Gasteiger partial charge in [0.05, 0.1) is 17.6 Å². The number of aromatic amines is 1. The van der Waals surface area contributed by atoms with Crippen molar-refractivity contribution in [1.82, 2.24) is 19.7 Å². The molecule has 0 saturated carbocycles. The number of pyridine rings is 1. The topological polar surface area (TPSA) is 71.0 Å². The SMILES string of the molecule is Cn1ncc2c(=O)c(C(=O)N3CCCC3c3cccs3)c[nH]c21. The Bertz CT molecular complexity index is 925. The third kappa shape index (κ3) is 2.19. The summed E-state index contributed by atoms with van der Waals surface area (Å²) >= 11 is 1.65. The number of carbonyl (C=O) groups is 1. The zero-order chi connectivity index (χ0) is 16.0. The highest BCUT2D eigenvalue weighted by Gasteiger charge is 2.32. The van der Waals surface area contributed by atoms with Crippen LogP contribution in [0.15, 0.2) is 34.7 Å². The predicted molar refractivity (Wildman–Crippen MR) is 88.7 cm³/mol. The van der Waals surface area contributed by atoms with Crippen molar-refractivity contribution in [2.75, 3.05) is 6.54 Å². The Kier molecular flexibility index (Phi) is 3.30. The average molecular weight is 328 g/mol. The second kappa shape index (κ2) is 5.34. The number of likely N-dealkylation sites (tertiary alicyclic amines) is 1. The van der Waals surface area contributed by atoms with Gasteiger partial charge in [0.1, 0.15) is 11.2 Å². The van der Waals surface area contributed by atoms with Crippen LogP contribution < -0.4 is 5.43 Å². The van der Waals surface area contributed by atoms with Crippen LogP contribution in [0.3, 0.4) is 0 Å². The number of aromatic nitrogens is 3. The molecule has 0 aliphatic carbocycles. The number of nitrogens with zero attached hydrogens (tertiary/aromatic N) is 3. The van der Waals surface area contributed by atoms with Crippen LogP contribution in [-0.2, 0) is 7.05 Å². The number of rotatable bonds is 2. The Hall–Kier alpha value is -2.41. The maximum atomic E-state index is 12.9. The van der Waals surface area contributed by atoms with Gasteiger partial charge in [-0.15, -0.1) is 11.3 Å². The smallest absolute Gasteiger partial charge is 0.259 e. The Balaban J connectivity index is 1.74. The van der Waals surface area contributed by atoms with E-state index in [-0.39, 0.29) is 22.9 Å². The highest BCUT2D eigenvalue weighted by molar-refractivity contribution is 7.10. The molecule has 1 aliphatic rings. The molecule has 118 valence electrons. The van der Waals surface area contributed by atoms with Crippen molar-refractivity contribution in [3.63, 3.8) is 0 Å². The molecule has 4 rings (SSSR count). The lowest BCUT2D eigenvalue weighted by Crippen LogP contribution is -2.33. The minimum absolute atomic E-state index is 0.0755. The van der Waals surface area contributed by atoms with Gasteiger partial charge in [0, 0.05) is 24.7 Å². The molecule has 6 nitrogen and oxygen atoms in total. The summed E-state index contributed by atoms with van der Waals surface area (Å²) in [6, 6.07) is 4.12. The summed E-state index contributed by atoms with van der Waals surface area (Å²) in [6.45, 7) is 0.686. The van der Waals surface area contributed by atoms with Crippen LogP contribution in [-0.4, -0.2) is 32.1 Å². The normalized spacial score (nSPS) is 18.0. The van der Waals surface area contributed by atoms with Crippen molar-refractivity contribution < 1.29 is 4.79 Å². The van der Waals surface area contributed by atoms with Crippen molar-refractivity contribution in [1.29, 1.82) is 0 Å². The first-order chi connectivity index (χ1) is 11.2. The molecule has 1 fully saturated rings. The Morgan fingerprint density at radius 1 is 1.48 bits per heavy atom. The van der Waals surface area contributed by atoms with Crippen LogP contribution in [0.4, 0.5) is 0 Å². The molecule has 0 aromatic carbocycles. The van der Waals surface area contributed by atoms with E-state index in [0.29, 0.717) is 17.6 Å². The second-order valence-electron chi connectivity index (χ2n) is 5.73. The van der Waals surface area contributed by atoms with Gasteiger partial charge in [-0.1, -0.05) is 6.07 Å². The maximum Gasteiger partial charge on any atom is 0.259 e. The van der Waals surface area contributed by atoms with E-state index in [1.54, 1.807) is 23.1 Å². The highest BCUT2D eigenvalue weighted by atomic mass is 32.1. The van der Waals surface area contributed by atoms with Crippen LogP contribution in [0.25, 0.3) is 11.0 Å². The minimum Gasteiger partial charge on any atom is -0.345 e. The lowest BCUT2D eigenvalue weighted by molar-refractivity contribution is 0.0736. The molecule has 1 atom stereocenters. The molecule has 0 radical (unpaired) electrons. The van der Waals surface area contributed by atoms with Crippen LogP contribution in [0.5, 0.6) is 0 Å². The van der Waals surface area contributed by atoms with Gasteiger partial charge in [0.15, 0.2) is 0 Å². The van der Waals surface area contributed by atoms with Gasteiger partial charge < -0.3 is 9.88 Å². The fourth-order valence-electron chi connectivity index (χ4n) is 3.23. The molecular weight excluding hydrogens is 312 g/mol. The molecule has 1 unspecified atom stereocenters. The largest absolute Gasteiger partial charge is 0.345 e. The van der Waals surface area contributed by atoms with E-state index in [9.17, 15) is 9.59 Å². The molecule has 23 heavy (non-hydrogen) atoms.